The Kier molecular flexibility index (Phi) is 8.06. The zero-order valence-corrected chi connectivity index (χ0v) is 23.0. The van der Waals surface area contributed by atoms with Crippen LogP contribution in [0.3, 0.4) is 0 Å². The number of carbonyl (C=O) groups is 1. The first-order valence-electron chi connectivity index (χ1n) is 13.3. The molecule has 0 aliphatic heterocycles. The molecule has 0 saturated heterocycles. The summed E-state index contributed by atoms with van der Waals surface area (Å²) in [5.74, 6) is 1.37. The van der Waals surface area contributed by atoms with Crippen molar-refractivity contribution < 1.29 is 14.6 Å². The summed E-state index contributed by atoms with van der Waals surface area (Å²) < 4.78 is 8.91. The number of hydrogen-bond donors (Lipinski definition) is 2. The van der Waals surface area contributed by atoms with Crippen molar-refractivity contribution >= 4 is 11.7 Å². The van der Waals surface area contributed by atoms with Crippen LogP contribution in [0.5, 0.6) is 11.5 Å². The second kappa shape index (κ2) is 11.1. The molecule has 0 spiro atoms. The SMILES string of the molecule is CC(C)(O)Cn1ccc(NC(=O)C(CC2CCCC2)n2ncc(Oc3ccccc3C(C)(C)C)cc2=O)n1. The number of aromatic nitrogens is 4. The standard InChI is InChI=1S/C29H39N5O4/c1-28(2,3)22-12-8-9-13-24(22)38-21-17-26(35)34(30-18-21)23(16-20-10-6-7-11-20)27(36)31-25-14-15-33(32-25)19-29(4,5)37/h8-9,12-15,17-18,20,23,37H,6-7,10-11,16,19H2,1-5H3,(H,31,32,36). The number of para-hydroxylation sites is 1. The molecular weight excluding hydrogens is 482 g/mol. The van der Waals surface area contributed by atoms with E-state index in [0.717, 1.165) is 31.2 Å². The van der Waals surface area contributed by atoms with Gasteiger partial charge < -0.3 is 15.2 Å². The van der Waals surface area contributed by atoms with Crippen molar-refractivity contribution in [2.24, 2.45) is 5.92 Å². The van der Waals surface area contributed by atoms with Crippen LogP contribution in [0.15, 0.2) is 53.6 Å². The lowest BCUT2D eigenvalue weighted by Gasteiger charge is -2.23. The smallest absolute Gasteiger partial charge is 0.271 e. The molecule has 1 amide bonds. The van der Waals surface area contributed by atoms with Gasteiger partial charge in [0.15, 0.2) is 11.6 Å². The summed E-state index contributed by atoms with van der Waals surface area (Å²) in [6.45, 7) is 9.98. The van der Waals surface area contributed by atoms with Crippen molar-refractivity contribution in [1.29, 1.82) is 0 Å². The lowest BCUT2D eigenvalue weighted by molar-refractivity contribution is -0.120. The molecular formula is C29H39N5O4. The van der Waals surface area contributed by atoms with Gasteiger partial charge in [-0.25, -0.2) is 4.68 Å². The van der Waals surface area contributed by atoms with Crippen molar-refractivity contribution in [3.63, 3.8) is 0 Å². The zero-order valence-electron chi connectivity index (χ0n) is 23.0. The van der Waals surface area contributed by atoms with Crippen LogP contribution in [0.2, 0.25) is 0 Å². The van der Waals surface area contributed by atoms with Crippen LogP contribution >= 0.6 is 0 Å². The van der Waals surface area contributed by atoms with Gasteiger partial charge in [-0.15, -0.1) is 0 Å². The van der Waals surface area contributed by atoms with Crippen molar-refractivity contribution in [2.75, 3.05) is 5.32 Å². The van der Waals surface area contributed by atoms with Crippen LogP contribution in [0, 0.1) is 5.92 Å². The summed E-state index contributed by atoms with van der Waals surface area (Å²) in [7, 11) is 0. The molecule has 1 aliphatic rings. The third-order valence-electron chi connectivity index (χ3n) is 6.79. The van der Waals surface area contributed by atoms with Gasteiger partial charge in [0.05, 0.1) is 18.3 Å². The first-order chi connectivity index (χ1) is 17.9. The number of nitrogens with zero attached hydrogens (tertiary/aromatic N) is 4. The number of rotatable bonds is 9. The Morgan fingerprint density at radius 2 is 1.87 bits per heavy atom. The first-order valence-corrected chi connectivity index (χ1v) is 13.3. The van der Waals surface area contributed by atoms with Gasteiger partial charge in [0.2, 0.25) is 0 Å². The summed E-state index contributed by atoms with van der Waals surface area (Å²) in [6.07, 6.45) is 8.04. The van der Waals surface area contributed by atoms with E-state index in [2.05, 4.69) is 36.3 Å². The topological polar surface area (TPSA) is 111 Å². The minimum atomic E-state index is -0.938. The molecule has 1 atom stereocenters. The largest absolute Gasteiger partial charge is 0.455 e. The van der Waals surface area contributed by atoms with Gasteiger partial charge in [-0.3, -0.25) is 14.3 Å². The average molecular weight is 522 g/mol. The van der Waals surface area contributed by atoms with Gasteiger partial charge in [-0.2, -0.15) is 10.2 Å². The summed E-state index contributed by atoms with van der Waals surface area (Å²) in [4.78, 5) is 26.7. The van der Waals surface area contributed by atoms with Crippen LogP contribution in [0.1, 0.15) is 78.3 Å². The first kappa shape index (κ1) is 27.6. The number of anilines is 1. The third kappa shape index (κ3) is 7.10. The Labute approximate surface area is 223 Å². The maximum Gasteiger partial charge on any atom is 0.271 e. The number of ether oxygens (including phenoxy) is 1. The second-order valence-electron chi connectivity index (χ2n) is 11.9. The molecule has 1 fully saturated rings. The fourth-order valence-electron chi connectivity index (χ4n) is 5.00. The summed E-state index contributed by atoms with van der Waals surface area (Å²) in [6, 6.07) is 10.0. The maximum absolute atomic E-state index is 13.4. The van der Waals surface area contributed by atoms with Gasteiger partial charge >= 0.3 is 0 Å². The van der Waals surface area contributed by atoms with E-state index in [-0.39, 0.29) is 17.9 Å². The van der Waals surface area contributed by atoms with Gasteiger partial charge in [-0.1, -0.05) is 64.7 Å². The molecule has 1 aromatic carbocycles. The molecule has 204 valence electrons. The number of hydrogen-bond acceptors (Lipinski definition) is 6. The Bertz CT molecular complexity index is 1310. The van der Waals surface area contributed by atoms with Crippen LogP contribution < -0.4 is 15.6 Å². The molecule has 2 aromatic heterocycles. The highest BCUT2D eigenvalue weighted by molar-refractivity contribution is 5.92. The van der Waals surface area contributed by atoms with Gasteiger partial charge in [0.25, 0.3) is 11.5 Å². The Balaban J connectivity index is 1.56. The molecule has 1 aliphatic carbocycles. The molecule has 2 N–H and O–H groups in total. The average Bonchev–Trinajstić information content (AvgIpc) is 3.48. The van der Waals surface area contributed by atoms with E-state index in [1.54, 1.807) is 30.8 Å². The van der Waals surface area contributed by atoms with E-state index in [1.807, 2.05) is 24.3 Å². The minimum absolute atomic E-state index is 0.136. The lowest BCUT2D eigenvalue weighted by atomic mass is 9.86. The fraction of sp³-hybridized carbons (Fsp3) is 0.517. The highest BCUT2D eigenvalue weighted by atomic mass is 16.5. The predicted octanol–water partition coefficient (Wildman–Crippen LogP) is 5.06. The molecule has 9 heteroatoms. The van der Waals surface area contributed by atoms with E-state index in [1.165, 1.54) is 16.9 Å². The van der Waals surface area contributed by atoms with E-state index in [4.69, 9.17) is 4.74 Å². The van der Waals surface area contributed by atoms with Crippen LogP contribution in [-0.2, 0) is 16.8 Å². The summed E-state index contributed by atoms with van der Waals surface area (Å²) in [5, 5.41) is 21.6. The van der Waals surface area contributed by atoms with Crippen molar-refractivity contribution in [3.8, 4) is 11.5 Å². The zero-order chi connectivity index (χ0) is 27.5. The molecule has 2 heterocycles. The van der Waals surface area contributed by atoms with Gasteiger partial charge in [-0.05, 0) is 37.7 Å². The molecule has 0 bridgehead atoms. The number of benzene rings is 1. The predicted molar refractivity (Wildman–Crippen MR) is 146 cm³/mol. The molecule has 9 nitrogen and oxygen atoms in total. The van der Waals surface area contributed by atoms with Crippen LogP contribution in [0.4, 0.5) is 5.82 Å². The van der Waals surface area contributed by atoms with Gasteiger partial charge in [0.1, 0.15) is 11.8 Å². The molecule has 4 rings (SSSR count). The van der Waals surface area contributed by atoms with Crippen molar-refractivity contribution in [3.05, 3.63) is 64.7 Å². The van der Waals surface area contributed by atoms with Crippen molar-refractivity contribution in [2.45, 2.75) is 90.3 Å². The highest BCUT2D eigenvalue weighted by Crippen LogP contribution is 2.34. The van der Waals surface area contributed by atoms with Crippen LogP contribution in [0.25, 0.3) is 0 Å². The Hall–Kier alpha value is -3.46. The normalized spacial score (nSPS) is 15.4. The molecule has 38 heavy (non-hydrogen) atoms. The van der Waals surface area contributed by atoms with Crippen molar-refractivity contribution in [1.82, 2.24) is 19.6 Å². The molecule has 1 saturated carbocycles. The van der Waals surface area contributed by atoms with Crippen LogP contribution in [-0.4, -0.2) is 36.2 Å². The van der Waals surface area contributed by atoms with Gasteiger partial charge in [0, 0.05) is 23.9 Å². The second-order valence-corrected chi connectivity index (χ2v) is 11.9. The number of nitrogens with one attached hydrogen (secondary N) is 1. The number of carbonyl (C=O) groups excluding carboxylic acids is 1. The Morgan fingerprint density at radius 3 is 2.53 bits per heavy atom. The molecule has 1 unspecified atom stereocenters. The van der Waals surface area contributed by atoms with E-state index < -0.39 is 17.2 Å². The number of aliphatic hydroxyl groups is 1. The summed E-state index contributed by atoms with van der Waals surface area (Å²) >= 11 is 0. The monoisotopic (exact) mass is 521 g/mol. The molecule has 3 aromatic rings. The highest BCUT2D eigenvalue weighted by Gasteiger charge is 2.29. The lowest BCUT2D eigenvalue weighted by Crippen LogP contribution is -2.36. The number of amides is 1. The fourth-order valence-corrected chi connectivity index (χ4v) is 5.00. The maximum atomic E-state index is 13.4. The van der Waals surface area contributed by atoms with E-state index >= 15 is 0 Å². The van der Waals surface area contributed by atoms with E-state index in [0.29, 0.717) is 29.7 Å². The summed E-state index contributed by atoms with van der Waals surface area (Å²) in [5.41, 5.74) is -0.455. The minimum Gasteiger partial charge on any atom is -0.455 e. The Morgan fingerprint density at radius 1 is 1.16 bits per heavy atom. The third-order valence-corrected chi connectivity index (χ3v) is 6.79. The van der Waals surface area contributed by atoms with E-state index in [9.17, 15) is 14.7 Å². The molecule has 0 radical (unpaired) electrons. The quantitative estimate of drug-likeness (QED) is 0.407.